The van der Waals surface area contributed by atoms with Crippen LogP contribution in [0.4, 0.5) is 17.6 Å². The second kappa shape index (κ2) is 4.73. The van der Waals surface area contributed by atoms with Gasteiger partial charge in [0.1, 0.15) is 17.6 Å². The molecule has 0 bridgehead atoms. The quantitative estimate of drug-likeness (QED) is 0.662. The topological polar surface area (TPSA) is 33.1 Å². The normalized spacial score (nSPS) is 12.5. The lowest BCUT2D eigenvalue weighted by Crippen LogP contribution is -2.09. The maximum atomic E-state index is 13.4. The van der Waals surface area contributed by atoms with Crippen molar-refractivity contribution < 1.29 is 22.7 Å². The first-order chi connectivity index (χ1) is 8.52. The van der Waals surface area contributed by atoms with Crippen molar-refractivity contribution in [1.29, 1.82) is 0 Å². The van der Waals surface area contributed by atoms with E-state index in [0.717, 1.165) is 12.1 Å². The van der Waals surface area contributed by atoms with Crippen LogP contribution in [0, 0.1) is 23.3 Å². The minimum Gasteiger partial charge on any atom is -0.382 e. The average Bonchev–Trinajstić information content (AvgIpc) is 2.36. The highest BCUT2D eigenvalue weighted by Gasteiger charge is 2.23. The number of aliphatic hydroxyl groups excluding tert-OH is 1. The van der Waals surface area contributed by atoms with Crippen LogP contribution in [0.15, 0.2) is 30.5 Å². The molecule has 0 radical (unpaired) electrons. The Hall–Kier alpha value is -1.95. The summed E-state index contributed by atoms with van der Waals surface area (Å²) in [6.07, 6.45) is -0.610. The minimum absolute atomic E-state index is 0.456. The van der Waals surface area contributed by atoms with E-state index in [0.29, 0.717) is 6.07 Å². The molecule has 2 nitrogen and oxygen atoms in total. The zero-order chi connectivity index (χ0) is 13.3. The molecule has 0 saturated carbocycles. The van der Waals surface area contributed by atoms with Gasteiger partial charge in [0.2, 0.25) is 0 Å². The number of benzene rings is 1. The van der Waals surface area contributed by atoms with E-state index in [1.165, 1.54) is 12.3 Å². The summed E-state index contributed by atoms with van der Waals surface area (Å²) in [5.74, 6) is -5.53. The molecule has 1 heterocycles. The van der Waals surface area contributed by atoms with Crippen molar-refractivity contribution >= 4 is 0 Å². The second-order valence-electron chi connectivity index (χ2n) is 3.54. The summed E-state index contributed by atoms with van der Waals surface area (Å²) in [5.41, 5.74) is -1.03. The van der Waals surface area contributed by atoms with Crippen LogP contribution in [0.1, 0.15) is 17.4 Å². The predicted molar refractivity (Wildman–Crippen MR) is 54.6 cm³/mol. The molecule has 1 atom stereocenters. The molecule has 0 aliphatic heterocycles. The van der Waals surface area contributed by atoms with Crippen molar-refractivity contribution in [3.8, 4) is 0 Å². The van der Waals surface area contributed by atoms with Gasteiger partial charge >= 0.3 is 0 Å². The van der Waals surface area contributed by atoms with Crippen LogP contribution >= 0.6 is 0 Å². The van der Waals surface area contributed by atoms with E-state index in [1.807, 2.05) is 0 Å². The number of rotatable bonds is 2. The van der Waals surface area contributed by atoms with Gasteiger partial charge in [0.25, 0.3) is 0 Å². The largest absolute Gasteiger partial charge is 0.382 e. The van der Waals surface area contributed by atoms with E-state index < -0.39 is 40.6 Å². The lowest BCUT2D eigenvalue weighted by Gasteiger charge is -2.12. The van der Waals surface area contributed by atoms with Crippen molar-refractivity contribution in [3.63, 3.8) is 0 Å². The third-order valence-electron chi connectivity index (χ3n) is 2.41. The molecule has 6 heteroatoms. The summed E-state index contributed by atoms with van der Waals surface area (Å²) in [4.78, 5) is 3.54. The number of hydrogen-bond acceptors (Lipinski definition) is 2. The maximum Gasteiger partial charge on any atom is 0.194 e. The summed E-state index contributed by atoms with van der Waals surface area (Å²) in [5, 5.41) is 9.74. The molecule has 1 aromatic carbocycles. The fourth-order valence-corrected chi connectivity index (χ4v) is 1.50. The highest BCUT2D eigenvalue weighted by Crippen LogP contribution is 2.26. The molecular formula is C12H7F4NO. The Morgan fingerprint density at radius 3 is 2.33 bits per heavy atom. The number of aliphatic hydroxyl groups is 1. The van der Waals surface area contributed by atoms with Crippen LogP contribution in [-0.4, -0.2) is 10.1 Å². The number of pyridine rings is 1. The third-order valence-corrected chi connectivity index (χ3v) is 2.41. The van der Waals surface area contributed by atoms with Crippen molar-refractivity contribution in [2.45, 2.75) is 6.10 Å². The zero-order valence-electron chi connectivity index (χ0n) is 8.87. The summed E-state index contributed by atoms with van der Waals surface area (Å²) in [6.45, 7) is 0. The van der Waals surface area contributed by atoms with E-state index in [1.54, 1.807) is 0 Å². The second-order valence-corrected chi connectivity index (χ2v) is 3.54. The van der Waals surface area contributed by atoms with E-state index in [4.69, 9.17) is 0 Å². The fraction of sp³-hybridized carbons (Fsp3) is 0.0833. The number of halogens is 4. The van der Waals surface area contributed by atoms with Crippen LogP contribution < -0.4 is 0 Å². The smallest absolute Gasteiger partial charge is 0.194 e. The van der Waals surface area contributed by atoms with E-state index >= 15 is 0 Å². The first-order valence-electron chi connectivity index (χ1n) is 4.94. The van der Waals surface area contributed by atoms with Gasteiger partial charge in [-0.3, -0.25) is 4.98 Å². The number of aromatic nitrogens is 1. The molecule has 1 aromatic heterocycles. The number of hydrogen-bond donors (Lipinski definition) is 1. The van der Waals surface area contributed by atoms with Gasteiger partial charge in [-0.05, 0) is 24.3 Å². The molecule has 0 fully saturated rings. The minimum atomic E-state index is -1.80. The molecule has 94 valence electrons. The van der Waals surface area contributed by atoms with Crippen molar-refractivity contribution in [3.05, 3.63) is 65.0 Å². The summed E-state index contributed by atoms with van der Waals surface area (Å²) < 4.78 is 52.4. The Balaban J connectivity index is 2.50. The Morgan fingerprint density at radius 2 is 1.67 bits per heavy atom. The van der Waals surface area contributed by atoms with Crippen LogP contribution in [0.3, 0.4) is 0 Å². The average molecular weight is 257 g/mol. The van der Waals surface area contributed by atoms with Crippen molar-refractivity contribution in [1.82, 2.24) is 4.98 Å². The van der Waals surface area contributed by atoms with Gasteiger partial charge in [-0.2, -0.15) is 0 Å². The maximum absolute atomic E-state index is 13.4. The van der Waals surface area contributed by atoms with Crippen LogP contribution in [-0.2, 0) is 0 Å². The Labute approximate surface area is 99.5 Å². The molecule has 0 amide bonds. The van der Waals surface area contributed by atoms with Crippen molar-refractivity contribution in [2.75, 3.05) is 0 Å². The van der Waals surface area contributed by atoms with Gasteiger partial charge < -0.3 is 5.11 Å². The van der Waals surface area contributed by atoms with Crippen molar-refractivity contribution in [2.24, 2.45) is 0 Å². The lowest BCUT2D eigenvalue weighted by molar-refractivity contribution is 0.202. The Morgan fingerprint density at radius 1 is 0.944 bits per heavy atom. The van der Waals surface area contributed by atoms with Gasteiger partial charge in [-0.1, -0.05) is 0 Å². The molecule has 0 aliphatic rings. The van der Waals surface area contributed by atoms with Gasteiger partial charge in [0, 0.05) is 11.8 Å². The summed E-state index contributed by atoms with van der Waals surface area (Å²) >= 11 is 0. The summed E-state index contributed by atoms with van der Waals surface area (Å²) in [6, 6.07) is 3.79. The SMILES string of the molecule is OC(c1ccc(F)c(F)c1F)c1ncccc1F. The Kier molecular flexibility index (Phi) is 3.29. The molecular weight excluding hydrogens is 250 g/mol. The molecule has 2 rings (SSSR count). The Bertz CT molecular complexity index is 588. The van der Waals surface area contributed by atoms with E-state index in [-0.39, 0.29) is 0 Å². The molecule has 0 spiro atoms. The summed E-state index contributed by atoms with van der Waals surface area (Å²) in [7, 11) is 0. The van der Waals surface area contributed by atoms with E-state index in [9.17, 15) is 22.7 Å². The fourth-order valence-electron chi connectivity index (χ4n) is 1.50. The monoisotopic (exact) mass is 257 g/mol. The van der Waals surface area contributed by atoms with Crippen LogP contribution in [0.25, 0.3) is 0 Å². The molecule has 1 N–H and O–H groups in total. The molecule has 0 saturated heterocycles. The number of nitrogens with zero attached hydrogens (tertiary/aromatic N) is 1. The van der Waals surface area contributed by atoms with Crippen LogP contribution in [0.2, 0.25) is 0 Å². The van der Waals surface area contributed by atoms with E-state index in [2.05, 4.69) is 4.98 Å². The molecule has 2 aromatic rings. The highest BCUT2D eigenvalue weighted by atomic mass is 19.2. The molecule has 18 heavy (non-hydrogen) atoms. The third kappa shape index (κ3) is 2.06. The van der Waals surface area contributed by atoms with Gasteiger partial charge in [-0.15, -0.1) is 0 Å². The first kappa shape index (κ1) is 12.5. The molecule has 0 aliphatic carbocycles. The molecule has 1 unspecified atom stereocenters. The first-order valence-corrected chi connectivity index (χ1v) is 4.94. The van der Waals surface area contributed by atoms with Crippen LogP contribution in [0.5, 0.6) is 0 Å². The highest BCUT2D eigenvalue weighted by molar-refractivity contribution is 5.29. The van der Waals surface area contributed by atoms with Gasteiger partial charge in [0.15, 0.2) is 17.5 Å². The zero-order valence-corrected chi connectivity index (χ0v) is 8.87. The van der Waals surface area contributed by atoms with Gasteiger partial charge in [-0.25, -0.2) is 17.6 Å². The standard InChI is InChI=1S/C12H7F4NO/c13-7-4-3-6(9(15)10(7)16)12(18)11-8(14)2-1-5-17-11/h1-5,12,18H. The van der Waals surface area contributed by atoms with Gasteiger partial charge in [0.05, 0.1) is 0 Å². The lowest BCUT2D eigenvalue weighted by atomic mass is 10.0. The predicted octanol–water partition coefficient (Wildman–Crippen LogP) is 2.72.